The van der Waals surface area contributed by atoms with E-state index in [1.54, 1.807) is 0 Å². The van der Waals surface area contributed by atoms with Crippen LogP contribution < -0.4 is 5.73 Å². The second-order valence-corrected chi connectivity index (χ2v) is 3.97. The van der Waals surface area contributed by atoms with Crippen molar-refractivity contribution in [1.82, 2.24) is 9.78 Å². The lowest BCUT2D eigenvalue weighted by molar-refractivity contribution is 0.658. The van der Waals surface area contributed by atoms with Gasteiger partial charge in [0, 0.05) is 30.6 Å². The summed E-state index contributed by atoms with van der Waals surface area (Å²) in [5.41, 5.74) is 7.77. The van der Waals surface area contributed by atoms with Crippen LogP contribution in [0.25, 0.3) is 0 Å². The zero-order valence-corrected chi connectivity index (χ0v) is 9.72. The maximum absolute atomic E-state index is 5.69. The van der Waals surface area contributed by atoms with Gasteiger partial charge in [0.1, 0.15) is 5.84 Å². The molecule has 0 amide bonds. The van der Waals surface area contributed by atoms with Crippen molar-refractivity contribution in [2.45, 2.75) is 33.2 Å². The first-order chi connectivity index (χ1) is 7.74. The molecule has 0 aliphatic carbocycles. The fourth-order valence-electron chi connectivity index (χ4n) is 1.89. The largest absolute Gasteiger partial charge is 0.386 e. The number of aryl methyl sites for hydroxylation is 1. The number of amidine groups is 1. The van der Waals surface area contributed by atoms with Gasteiger partial charge in [-0.15, -0.1) is 5.10 Å². The van der Waals surface area contributed by atoms with Crippen molar-refractivity contribution < 1.29 is 0 Å². The zero-order valence-electron chi connectivity index (χ0n) is 9.72. The lowest BCUT2D eigenvalue weighted by Gasteiger charge is -2.18. The van der Waals surface area contributed by atoms with Crippen LogP contribution in [0.5, 0.6) is 0 Å². The van der Waals surface area contributed by atoms with Gasteiger partial charge in [0.2, 0.25) is 0 Å². The van der Waals surface area contributed by atoms with E-state index in [4.69, 9.17) is 5.73 Å². The highest BCUT2D eigenvalue weighted by atomic mass is 15.3. The molecule has 1 aliphatic rings. The zero-order chi connectivity index (χ0) is 11.5. The van der Waals surface area contributed by atoms with E-state index in [1.807, 2.05) is 17.1 Å². The Morgan fingerprint density at radius 2 is 2.25 bits per heavy atom. The molecule has 2 N–H and O–H groups in total. The number of rotatable bonds is 3. The molecule has 0 fully saturated rings. The summed E-state index contributed by atoms with van der Waals surface area (Å²) in [6.45, 7) is 5.07. The lowest BCUT2D eigenvalue weighted by Crippen LogP contribution is -2.26. The summed E-state index contributed by atoms with van der Waals surface area (Å²) in [4.78, 5) is 0. The normalized spacial score (nSPS) is 20.5. The van der Waals surface area contributed by atoms with Gasteiger partial charge in [-0.2, -0.15) is 10.2 Å². The molecule has 86 valence electrons. The van der Waals surface area contributed by atoms with Gasteiger partial charge < -0.3 is 5.73 Å². The van der Waals surface area contributed by atoms with Crippen LogP contribution in [0.2, 0.25) is 0 Å². The molecule has 0 bridgehead atoms. The van der Waals surface area contributed by atoms with E-state index >= 15 is 0 Å². The molecule has 0 saturated carbocycles. The van der Waals surface area contributed by atoms with Crippen molar-refractivity contribution >= 4 is 11.5 Å². The first kappa shape index (κ1) is 10.9. The van der Waals surface area contributed by atoms with Crippen LogP contribution >= 0.6 is 0 Å². The Balaban J connectivity index is 2.30. The highest BCUT2D eigenvalue weighted by Crippen LogP contribution is 2.20. The van der Waals surface area contributed by atoms with Crippen molar-refractivity contribution in [3.63, 3.8) is 0 Å². The minimum atomic E-state index is 0.368. The minimum Gasteiger partial charge on any atom is -0.386 e. The number of nitrogens with zero attached hydrogens (tertiary/aromatic N) is 4. The number of hydrogen-bond donors (Lipinski definition) is 1. The van der Waals surface area contributed by atoms with Gasteiger partial charge >= 0.3 is 0 Å². The van der Waals surface area contributed by atoms with E-state index in [-0.39, 0.29) is 0 Å². The quantitative estimate of drug-likeness (QED) is 0.834. The molecule has 2 heterocycles. The molecule has 1 atom stereocenters. The summed E-state index contributed by atoms with van der Waals surface area (Å²) in [6.07, 6.45) is 5.68. The first-order valence-electron chi connectivity index (χ1n) is 5.67. The van der Waals surface area contributed by atoms with Gasteiger partial charge in [0.15, 0.2) is 0 Å². The van der Waals surface area contributed by atoms with E-state index in [1.165, 1.54) is 0 Å². The fourth-order valence-corrected chi connectivity index (χ4v) is 1.89. The summed E-state index contributed by atoms with van der Waals surface area (Å²) < 4.78 is 1.90. The van der Waals surface area contributed by atoms with Gasteiger partial charge in [-0.3, -0.25) is 4.68 Å². The molecule has 0 spiro atoms. The van der Waals surface area contributed by atoms with Crippen LogP contribution in [0.3, 0.4) is 0 Å². The highest BCUT2D eigenvalue weighted by Gasteiger charge is 2.22. The summed E-state index contributed by atoms with van der Waals surface area (Å²) in [5, 5.41) is 12.4. The molecule has 5 nitrogen and oxygen atoms in total. The Kier molecular flexibility index (Phi) is 3.03. The topological polar surface area (TPSA) is 68.6 Å². The fraction of sp³-hybridized carbons (Fsp3) is 0.545. The predicted octanol–water partition coefficient (Wildman–Crippen LogP) is 1.39. The van der Waals surface area contributed by atoms with E-state index in [0.29, 0.717) is 11.8 Å². The maximum atomic E-state index is 5.69. The molecule has 2 rings (SSSR count). The molecular weight excluding hydrogens is 202 g/mol. The van der Waals surface area contributed by atoms with E-state index in [2.05, 4.69) is 29.1 Å². The Morgan fingerprint density at radius 3 is 2.88 bits per heavy atom. The molecule has 5 heteroatoms. The third-order valence-electron chi connectivity index (χ3n) is 2.87. The predicted molar refractivity (Wildman–Crippen MR) is 64.5 cm³/mol. The van der Waals surface area contributed by atoms with Gasteiger partial charge in [-0.05, 0) is 13.3 Å². The standard InChI is InChI=1S/C11H17N5/c1-3-8-5-10(12)14-15-11(8)9-6-13-16(4-2)7-9/h6-8H,3-5H2,1-2H3,(H2,12,14). The highest BCUT2D eigenvalue weighted by molar-refractivity contribution is 6.05. The molecule has 1 unspecified atom stereocenters. The smallest absolute Gasteiger partial charge is 0.123 e. The van der Waals surface area contributed by atoms with E-state index < -0.39 is 0 Å². The monoisotopic (exact) mass is 219 g/mol. The summed E-state index contributed by atoms with van der Waals surface area (Å²) in [6, 6.07) is 0. The third kappa shape index (κ3) is 1.98. The van der Waals surface area contributed by atoms with Gasteiger partial charge in [0.25, 0.3) is 0 Å². The number of hydrogen-bond acceptors (Lipinski definition) is 4. The third-order valence-corrected chi connectivity index (χ3v) is 2.87. The number of aromatic nitrogens is 2. The minimum absolute atomic E-state index is 0.368. The van der Waals surface area contributed by atoms with Gasteiger partial charge in [-0.25, -0.2) is 0 Å². The van der Waals surface area contributed by atoms with Gasteiger partial charge in [0.05, 0.1) is 11.9 Å². The SMILES string of the molecule is CCC1CC(N)=NN=C1c1cnn(CC)c1. The van der Waals surface area contributed by atoms with Gasteiger partial charge in [-0.1, -0.05) is 6.92 Å². The van der Waals surface area contributed by atoms with Crippen molar-refractivity contribution in [2.24, 2.45) is 21.9 Å². The van der Waals surface area contributed by atoms with Crippen LogP contribution in [-0.2, 0) is 6.54 Å². The average Bonchev–Trinajstić information content (AvgIpc) is 2.77. The molecule has 1 aromatic heterocycles. The Hall–Kier alpha value is -1.65. The van der Waals surface area contributed by atoms with E-state index in [0.717, 1.165) is 30.7 Å². The molecular formula is C11H17N5. The Bertz CT molecular complexity index is 429. The molecule has 1 aromatic rings. The molecule has 1 aliphatic heterocycles. The van der Waals surface area contributed by atoms with Crippen molar-refractivity contribution in [1.29, 1.82) is 0 Å². The molecule has 0 saturated heterocycles. The average molecular weight is 219 g/mol. The molecule has 0 aromatic carbocycles. The van der Waals surface area contributed by atoms with Crippen LogP contribution in [0.15, 0.2) is 22.6 Å². The second kappa shape index (κ2) is 4.47. The Morgan fingerprint density at radius 1 is 1.44 bits per heavy atom. The van der Waals surface area contributed by atoms with Crippen LogP contribution in [0.1, 0.15) is 32.3 Å². The maximum Gasteiger partial charge on any atom is 0.123 e. The van der Waals surface area contributed by atoms with Crippen LogP contribution in [0, 0.1) is 5.92 Å². The lowest BCUT2D eigenvalue weighted by atomic mass is 9.92. The summed E-state index contributed by atoms with van der Waals surface area (Å²) >= 11 is 0. The van der Waals surface area contributed by atoms with Crippen molar-refractivity contribution in [3.8, 4) is 0 Å². The van der Waals surface area contributed by atoms with Crippen molar-refractivity contribution in [2.75, 3.05) is 0 Å². The first-order valence-corrected chi connectivity index (χ1v) is 5.67. The second-order valence-electron chi connectivity index (χ2n) is 3.97. The number of nitrogens with two attached hydrogens (primary N) is 1. The van der Waals surface area contributed by atoms with E-state index in [9.17, 15) is 0 Å². The Labute approximate surface area is 95.1 Å². The van der Waals surface area contributed by atoms with Crippen molar-refractivity contribution in [3.05, 3.63) is 18.0 Å². The van der Waals surface area contributed by atoms with Crippen LogP contribution in [-0.4, -0.2) is 21.3 Å². The summed E-state index contributed by atoms with van der Waals surface area (Å²) in [5.74, 6) is 0.991. The molecule has 0 radical (unpaired) electrons. The van der Waals surface area contributed by atoms with Crippen LogP contribution in [0.4, 0.5) is 0 Å². The summed E-state index contributed by atoms with van der Waals surface area (Å²) in [7, 11) is 0. The molecule has 16 heavy (non-hydrogen) atoms.